The molecule has 0 aliphatic rings. The Kier molecular flexibility index (Phi) is 5.76. The van der Waals surface area contributed by atoms with Gasteiger partial charge in [-0.3, -0.25) is 0 Å². The molecule has 0 radical (unpaired) electrons. The molecule has 0 spiro atoms. The number of thioether (sulfide) groups is 1. The highest BCUT2D eigenvalue weighted by atomic mass is 32.2. The van der Waals surface area contributed by atoms with E-state index in [0.717, 1.165) is 28.5 Å². The van der Waals surface area contributed by atoms with Gasteiger partial charge >= 0.3 is 5.63 Å². The Balaban J connectivity index is 1.56. The zero-order valence-corrected chi connectivity index (χ0v) is 17.6. The molecule has 2 aromatic carbocycles. The summed E-state index contributed by atoms with van der Waals surface area (Å²) in [5.74, 6) is 2.08. The smallest absolute Gasteiger partial charge is 0.336 e. The van der Waals surface area contributed by atoms with Crippen molar-refractivity contribution in [1.29, 1.82) is 0 Å². The minimum absolute atomic E-state index is 0.372. The van der Waals surface area contributed by atoms with E-state index in [2.05, 4.69) is 17.1 Å². The van der Waals surface area contributed by atoms with Gasteiger partial charge in [0.25, 0.3) is 5.22 Å². The van der Waals surface area contributed by atoms with Gasteiger partial charge < -0.3 is 18.3 Å². The van der Waals surface area contributed by atoms with Crippen LogP contribution in [0.5, 0.6) is 11.5 Å². The van der Waals surface area contributed by atoms with Crippen LogP contribution in [-0.2, 0) is 12.2 Å². The summed E-state index contributed by atoms with van der Waals surface area (Å²) >= 11 is 1.36. The average molecular weight is 424 g/mol. The third-order valence-electron chi connectivity index (χ3n) is 4.69. The van der Waals surface area contributed by atoms with Crippen LogP contribution >= 0.6 is 11.8 Å². The zero-order valence-electron chi connectivity index (χ0n) is 16.8. The maximum absolute atomic E-state index is 12.0. The van der Waals surface area contributed by atoms with E-state index in [9.17, 15) is 4.79 Å². The summed E-state index contributed by atoms with van der Waals surface area (Å²) in [6, 6.07) is 12.8. The fourth-order valence-electron chi connectivity index (χ4n) is 3.11. The van der Waals surface area contributed by atoms with Gasteiger partial charge in [-0.2, -0.15) is 0 Å². The molecule has 0 unspecified atom stereocenters. The molecule has 0 aliphatic carbocycles. The molecule has 0 saturated heterocycles. The molecule has 2 aromatic heterocycles. The van der Waals surface area contributed by atoms with Crippen LogP contribution in [0.3, 0.4) is 0 Å². The maximum atomic E-state index is 12.0. The highest BCUT2D eigenvalue weighted by Crippen LogP contribution is 2.33. The molecule has 0 saturated carbocycles. The number of aryl methyl sites for hydroxylation is 1. The quantitative estimate of drug-likeness (QED) is 0.311. The number of aromatic nitrogens is 2. The molecule has 154 valence electrons. The summed E-state index contributed by atoms with van der Waals surface area (Å²) < 4.78 is 21.7. The normalized spacial score (nSPS) is 11.0. The lowest BCUT2D eigenvalue weighted by Gasteiger charge is -2.07. The SMILES string of the molecule is CCc1ccc2c(CSc3nnc(-c4ccc(OC)c(OC)c4)o3)cc(=O)oc2c1. The van der Waals surface area contributed by atoms with Crippen molar-refractivity contribution in [3.63, 3.8) is 0 Å². The van der Waals surface area contributed by atoms with Gasteiger partial charge in [0.15, 0.2) is 11.5 Å². The van der Waals surface area contributed by atoms with Crippen LogP contribution in [0.2, 0.25) is 0 Å². The Bertz CT molecular complexity index is 1250. The van der Waals surface area contributed by atoms with Crippen LogP contribution in [0.4, 0.5) is 0 Å². The van der Waals surface area contributed by atoms with Crippen LogP contribution in [0, 0.1) is 0 Å². The van der Waals surface area contributed by atoms with Crippen molar-refractivity contribution < 1.29 is 18.3 Å². The van der Waals surface area contributed by atoms with E-state index < -0.39 is 0 Å². The van der Waals surface area contributed by atoms with Crippen molar-refractivity contribution in [2.45, 2.75) is 24.3 Å². The summed E-state index contributed by atoms with van der Waals surface area (Å²) in [4.78, 5) is 12.0. The molecular weight excluding hydrogens is 404 g/mol. The first kappa shape index (κ1) is 20.0. The number of nitrogens with zero attached hydrogens (tertiary/aromatic N) is 2. The lowest BCUT2D eigenvalue weighted by Crippen LogP contribution is -2.00. The first-order valence-corrected chi connectivity index (χ1v) is 10.3. The predicted octanol–water partition coefficient (Wildman–Crippen LogP) is 4.71. The van der Waals surface area contributed by atoms with Crippen molar-refractivity contribution in [1.82, 2.24) is 10.2 Å². The molecule has 7 nitrogen and oxygen atoms in total. The fourth-order valence-corrected chi connectivity index (χ4v) is 3.86. The van der Waals surface area contributed by atoms with E-state index in [0.29, 0.717) is 33.9 Å². The maximum Gasteiger partial charge on any atom is 0.336 e. The number of rotatable bonds is 7. The second kappa shape index (κ2) is 8.62. The van der Waals surface area contributed by atoms with E-state index in [-0.39, 0.29) is 5.63 Å². The topological polar surface area (TPSA) is 87.6 Å². The summed E-state index contributed by atoms with van der Waals surface area (Å²) in [6.45, 7) is 2.06. The van der Waals surface area contributed by atoms with Crippen LogP contribution in [-0.4, -0.2) is 24.4 Å². The Hall–Kier alpha value is -3.26. The van der Waals surface area contributed by atoms with E-state index >= 15 is 0 Å². The number of fused-ring (bicyclic) bond motifs is 1. The lowest BCUT2D eigenvalue weighted by molar-refractivity contribution is 0.355. The molecule has 30 heavy (non-hydrogen) atoms. The summed E-state index contributed by atoms with van der Waals surface area (Å²) in [7, 11) is 3.15. The second-order valence-corrected chi connectivity index (χ2v) is 7.43. The Morgan fingerprint density at radius 2 is 1.80 bits per heavy atom. The van der Waals surface area contributed by atoms with Crippen molar-refractivity contribution >= 4 is 22.7 Å². The monoisotopic (exact) mass is 424 g/mol. The third-order valence-corrected chi connectivity index (χ3v) is 5.56. The van der Waals surface area contributed by atoms with Crippen LogP contribution in [0.1, 0.15) is 18.1 Å². The highest BCUT2D eigenvalue weighted by molar-refractivity contribution is 7.98. The molecule has 4 aromatic rings. The minimum atomic E-state index is -0.372. The van der Waals surface area contributed by atoms with Crippen molar-refractivity contribution in [2.75, 3.05) is 14.2 Å². The largest absolute Gasteiger partial charge is 0.493 e. The molecular formula is C22H20N2O5S. The molecule has 2 heterocycles. The van der Waals surface area contributed by atoms with Gasteiger partial charge in [-0.15, -0.1) is 10.2 Å². The molecule has 0 aliphatic heterocycles. The van der Waals surface area contributed by atoms with E-state index in [1.807, 2.05) is 24.3 Å². The predicted molar refractivity (Wildman–Crippen MR) is 114 cm³/mol. The van der Waals surface area contributed by atoms with Gasteiger partial charge in [0.05, 0.1) is 14.2 Å². The van der Waals surface area contributed by atoms with Gasteiger partial charge in [0.2, 0.25) is 5.89 Å². The van der Waals surface area contributed by atoms with Gasteiger partial charge in [0.1, 0.15) is 5.58 Å². The Morgan fingerprint density at radius 1 is 0.967 bits per heavy atom. The molecule has 0 N–H and O–H groups in total. The summed E-state index contributed by atoms with van der Waals surface area (Å²) in [6.07, 6.45) is 0.875. The molecule has 0 atom stereocenters. The Labute approximate surface area is 177 Å². The number of benzene rings is 2. The highest BCUT2D eigenvalue weighted by Gasteiger charge is 2.14. The van der Waals surface area contributed by atoms with Crippen LogP contribution < -0.4 is 15.1 Å². The zero-order chi connectivity index (χ0) is 21.1. The van der Waals surface area contributed by atoms with Crippen molar-refractivity contribution in [2.24, 2.45) is 0 Å². The number of hydrogen-bond donors (Lipinski definition) is 0. The average Bonchev–Trinajstić information content (AvgIpc) is 3.25. The fraction of sp³-hybridized carbons (Fsp3) is 0.227. The number of ether oxygens (including phenoxy) is 2. The molecule has 4 rings (SSSR count). The van der Waals surface area contributed by atoms with E-state index in [1.54, 1.807) is 26.4 Å². The van der Waals surface area contributed by atoms with Gasteiger partial charge in [-0.05, 0) is 41.8 Å². The van der Waals surface area contributed by atoms with Gasteiger partial charge in [-0.25, -0.2) is 4.79 Å². The molecule has 0 fully saturated rings. The van der Waals surface area contributed by atoms with Crippen molar-refractivity contribution in [3.05, 3.63) is 64.0 Å². The summed E-state index contributed by atoms with van der Waals surface area (Å²) in [5.41, 5.74) is 2.92. The van der Waals surface area contributed by atoms with Crippen LogP contribution in [0.15, 0.2) is 61.3 Å². The number of methoxy groups -OCH3 is 2. The molecule has 0 bridgehead atoms. The summed E-state index contributed by atoms with van der Waals surface area (Å²) in [5, 5.41) is 9.54. The standard InChI is InChI=1S/C22H20N2O5S/c1-4-13-5-7-16-15(11-20(25)28-18(16)9-13)12-30-22-24-23-21(29-22)14-6-8-17(26-2)19(10-14)27-3/h5-11H,4,12H2,1-3H3. The van der Waals surface area contributed by atoms with Gasteiger partial charge in [0, 0.05) is 22.8 Å². The van der Waals surface area contributed by atoms with E-state index in [4.69, 9.17) is 18.3 Å². The molecule has 0 amide bonds. The second-order valence-electron chi connectivity index (χ2n) is 6.51. The lowest BCUT2D eigenvalue weighted by atomic mass is 10.1. The van der Waals surface area contributed by atoms with E-state index in [1.165, 1.54) is 17.8 Å². The van der Waals surface area contributed by atoms with Gasteiger partial charge in [-0.1, -0.05) is 30.8 Å². The number of hydrogen-bond acceptors (Lipinski definition) is 8. The van der Waals surface area contributed by atoms with Crippen LogP contribution in [0.25, 0.3) is 22.4 Å². The first-order chi connectivity index (χ1) is 14.6. The molecule has 8 heteroatoms. The third kappa shape index (κ3) is 4.04. The van der Waals surface area contributed by atoms with Crippen molar-refractivity contribution in [3.8, 4) is 23.0 Å². The minimum Gasteiger partial charge on any atom is -0.493 e. The Morgan fingerprint density at radius 3 is 2.57 bits per heavy atom. The first-order valence-electron chi connectivity index (χ1n) is 9.35.